The van der Waals surface area contributed by atoms with Crippen molar-refractivity contribution in [1.29, 1.82) is 0 Å². The van der Waals surface area contributed by atoms with Crippen LogP contribution in [0, 0.1) is 0 Å². The molecule has 6 nitrogen and oxygen atoms in total. The molecule has 0 aliphatic carbocycles. The van der Waals surface area contributed by atoms with E-state index in [9.17, 15) is 4.79 Å². The molecule has 1 N–H and O–H groups in total. The minimum Gasteiger partial charge on any atom is -0.349 e. The second-order valence-corrected chi connectivity index (χ2v) is 6.39. The van der Waals surface area contributed by atoms with Crippen molar-refractivity contribution >= 4 is 28.5 Å². The average Bonchev–Trinajstić information content (AvgIpc) is 2.57. The van der Waals surface area contributed by atoms with Gasteiger partial charge in [0.25, 0.3) is 0 Å². The van der Waals surface area contributed by atoms with E-state index in [-0.39, 0.29) is 5.69 Å². The molecule has 1 saturated heterocycles. The van der Waals surface area contributed by atoms with Gasteiger partial charge in [0, 0.05) is 32.2 Å². The first-order valence-electron chi connectivity index (χ1n) is 8.08. The molecule has 0 bridgehead atoms. The molecule has 0 spiro atoms. The SMILES string of the molecule is CC[C@@H]1CN(c2nc(=O)n(C)c3ccc(Cl)nc23)[C@@H](CC)CN1. The summed E-state index contributed by atoms with van der Waals surface area (Å²) in [6, 6.07) is 4.22. The van der Waals surface area contributed by atoms with Gasteiger partial charge in [-0.05, 0) is 25.0 Å². The normalized spacial score (nSPS) is 21.8. The molecule has 0 saturated carbocycles. The first-order valence-corrected chi connectivity index (χ1v) is 8.46. The predicted octanol–water partition coefficient (Wildman–Crippen LogP) is 1.95. The third kappa shape index (κ3) is 2.93. The molecule has 0 radical (unpaired) electrons. The van der Waals surface area contributed by atoms with Crippen molar-refractivity contribution in [2.45, 2.75) is 38.8 Å². The molecule has 0 aromatic carbocycles. The lowest BCUT2D eigenvalue weighted by molar-refractivity contribution is 0.377. The number of hydrogen-bond acceptors (Lipinski definition) is 5. The number of aryl methyl sites for hydroxylation is 1. The molecule has 2 aromatic rings. The van der Waals surface area contributed by atoms with Gasteiger partial charge < -0.3 is 10.2 Å². The molecule has 1 aliphatic rings. The molecule has 0 amide bonds. The summed E-state index contributed by atoms with van der Waals surface area (Å²) < 4.78 is 1.52. The van der Waals surface area contributed by atoms with Gasteiger partial charge >= 0.3 is 5.69 Å². The zero-order valence-corrected chi connectivity index (χ0v) is 14.5. The first kappa shape index (κ1) is 16.2. The third-order valence-electron chi connectivity index (χ3n) is 4.64. The highest BCUT2D eigenvalue weighted by Gasteiger charge is 2.29. The maximum atomic E-state index is 12.3. The zero-order valence-electron chi connectivity index (χ0n) is 13.7. The van der Waals surface area contributed by atoms with Crippen LogP contribution in [0.2, 0.25) is 5.15 Å². The molecule has 23 heavy (non-hydrogen) atoms. The molecule has 3 rings (SSSR count). The van der Waals surface area contributed by atoms with Crippen LogP contribution < -0.4 is 15.9 Å². The monoisotopic (exact) mass is 335 g/mol. The Morgan fingerprint density at radius 3 is 2.78 bits per heavy atom. The number of pyridine rings is 1. The molecular formula is C16H22ClN5O. The highest BCUT2D eigenvalue weighted by atomic mass is 35.5. The van der Waals surface area contributed by atoms with Gasteiger partial charge in [-0.3, -0.25) is 4.57 Å². The van der Waals surface area contributed by atoms with E-state index in [2.05, 4.69) is 34.0 Å². The van der Waals surface area contributed by atoms with Crippen molar-refractivity contribution in [2.75, 3.05) is 18.0 Å². The number of hydrogen-bond donors (Lipinski definition) is 1. The molecule has 1 aliphatic heterocycles. The van der Waals surface area contributed by atoms with Crippen LogP contribution in [0.3, 0.4) is 0 Å². The van der Waals surface area contributed by atoms with Gasteiger partial charge in [0.2, 0.25) is 0 Å². The number of nitrogens with zero attached hydrogens (tertiary/aromatic N) is 4. The van der Waals surface area contributed by atoms with Gasteiger partial charge in [-0.25, -0.2) is 9.78 Å². The molecule has 0 unspecified atom stereocenters. The van der Waals surface area contributed by atoms with E-state index in [0.717, 1.165) is 31.4 Å². The average molecular weight is 336 g/mol. The van der Waals surface area contributed by atoms with Crippen LogP contribution >= 0.6 is 11.6 Å². The maximum Gasteiger partial charge on any atom is 0.349 e. The van der Waals surface area contributed by atoms with Crippen molar-refractivity contribution < 1.29 is 0 Å². The standard InChI is InChI=1S/C16H22ClN5O/c1-4-10-9-22(11(5-2)8-18-10)15-14-12(6-7-13(17)19-14)21(3)16(23)20-15/h6-7,10-11,18H,4-5,8-9H2,1-3H3/t10-,11+/m1/s1. The Morgan fingerprint density at radius 2 is 2.09 bits per heavy atom. The van der Waals surface area contributed by atoms with Gasteiger partial charge in [-0.1, -0.05) is 25.4 Å². The Balaban J connectivity index is 2.19. The smallest absolute Gasteiger partial charge is 0.349 e. The highest BCUT2D eigenvalue weighted by Crippen LogP contribution is 2.27. The number of piperazine rings is 1. The molecular weight excluding hydrogens is 314 g/mol. The van der Waals surface area contributed by atoms with E-state index in [4.69, 9.17) is 11.6 Å². The van der Waals surface area contributed by atoms with Crippen LogP contribution in [-0.4, -0.2) is 39.7 Å². The van der Waals surface area contributed by atoms with Gasteiger partial charge in [0.05, 0.1) is 5.52 Å². The van der Waals surface area contributed by atoms with E-state index in [0.29, 0.717) is 28.6 Å². The van der Waals surface area contributed by atoms with Crippen LogP contribution in [0.4, 0.5) is 5.82 Å². The topological polar surface area (TPSA) is 63.1 Å². The third-order valence-corrected chi connectivity index (χ3v) is 4.85. The van der Waals surface area contributed by atoms with Crippen LogP contribution in [0.25, 0.3) is 11.0 Å². The Morgan fingerprint density at radius 1 is 1.30 bits per heavy atom. The molecule has 1 fully saturated rings. The predicted molar refractivity (Wildman–Crippen MR) is 93.3 cm³/mol. The first-order chi connectivity index (χ1) is 11.0. The van der Waals surface area contributed by atoms with Crippen molar-refractivity contribution in [3.05, 3.63) is 27.8 Å². The van der Waals surface area contributed by atoms with Gasteiger partial charge in [0.15, 0.2) is 5.82 Å². The number of rotatable bonds is 3. The Labute approximate surface area is 140 Å². The summed E-state index contributed by atoms with van der Waals surface area (Å²) in [6.45, 7) is 6.01. The van der Waals surface area contributed by atoms with E-state index >= 15 is 0 Å². The van der Waals surface area contributed by atoms with E-state index < -0.39 is 0 Å². The van der Waals surface area contributed by atoms with E-state index in [1.165, 1.54) is 4.57 Å². The largest absolute Gasteiger partial charge is 0.349 e. The molecule has 2 aromatic heterocycles. The number of nitrogens with one attached hydrogen (secondary N) is 1. The Bertz CT molecular complexity index is 775. The van der Waals surface area contributed by atoms with Gasteiger partial charge in [0.1, 0.15) is 10.7 Å². The van der Waals surface area contributed by atoms with Crippen molar-refractivity contribution in [1.82, 2.24) is 19.9 Å². The Hall–Kier alpha value is -1.66. The van der Waals surface area contributed by atoms with Crippen molar-refractivity contribution in [3.63, 3.8) is 0 Å². The fourth-order valence-electron chi connectivity index (χ4n) is 3.15. The number of halogens is 1. The lowest BCUT2D eigenvalue weighted by Gasteiger charge is -2.40. The van der Waals surface area contributed by atoms with E-state index in [1.807, 2.05) is 6.07 Å². The zero-order chi connectivity index (χ0) is 16.6. The summed E-state index contributed by atoms with van der Waals surface area (Å²) in [6.07, 6.45) is 2.01. The lowest BCUT2D eigenvalue weighted by atomic mass is 10.0. The number of aromatic nitrogens is 3. The van der Waals surface area contributed by atoms with Crippen LogP contribution in [-0.2, 0) is 7.05 Å². The number of anilines is 1. The minimum atomic E-state index is -0.266. The fourth-order valence-corrected chi connectivity index (χ4v) is 3.29. The van der Waals surface area contributed by atoms with Crippen LogP contribution in [0.15, 0.2) is 16.9 Å². The summed E-state index contributed by atoms with van der Waals surface area (Å²) in [4.78, 5) is 23.3. The Kier molecular flexibility index (Phi) is 4.55. The fraction of sp³-hybridized carbons (Fsp3) is 0.562. The maximum absolute atomic E-state index is 12.3. The van der Waals surface area contributed by atoms with Gasteiger partial charge in [-0.15, -0.1) is 0 Å². The van der Waals surface area contributed by atoms with Gasteiger partial charge in [-0.2, -0.15) is 4.98 Å². The second kappa shape index (κ2) is 6.45. The highest BCUT2D eigenvalue weighted by molar-refractivity contribution is 6.29. The minimum absolute atomic E-state index is 0.266. The van der Waals surface area contributed by atoms with Crippen LogP contribution in [0.1, 0.15) is 26.7 Å². The summed E-state index contributed by atoms with van der Waals surface area (Å²) >= 11 is 6.09. The second-order valence-electron chi connectivity index (χ2n) is 6.01. The van der Waals surface area contributed by atoms with E-state index in [1.54, 1.807) is 13.1 Å². The molecule has 3 heterocycles. The van der Waals surface area contributed by atoms with Crippen molar-refractivity contribution in [3.8, 4) is 0 Å². The lowest BCUT2D eigenvalue weighted by Crippen LogP contribution is -2.57. The summed E-state index contributed by atoms with van der Waals surface area (Å²) in [7, 11) is 1.71. The van der Waals surface area contributed by atoms with Crippen molar-refractivity contribution in [2.24, 2.45) is 7.05 Å². The molecule has 124 valence electrons. The quantitative estimate of drug-likeness (QED) is 0.869. The van der Waals surface area contributed by atoms with Crippen LogP contribution in [0.5, 0.6) is 0 Å². The summed E-state index contributed by atoms with van der Waals surface area (Å²) in [5.41, 5.74) is 1.18. The molecule has 7 heteroatoms. The summed E-state index contributed by atoms with van der Waals surface area (Å²) in [5.74, 6) is 0.650. The summed E-state index contributed by atoms with van der Waals surface area (Å²) in [5, 5.41) is 3.97. The number of fused-ring (bicyclic) bond motifs is 1. The molecule has 2 atom stereocenters.